The van der Waals surface area contributed by atoms with E-state index < -0.39 is 21.8 Å². The number of nitrogens with one attached hydrogen (secondary N) is 3. The summed E-state index contributed by atoms with van der Waals surface area (Å²) in [5.74, 6) is -1.64. The summed E-state index contributed by atoms with van der Waals surface area (Å²) in [5.41, 5.74) is 6.71. The average Bonchev–Trinajstić information content (AvgIpc) is 2.73. The Balaban J connectivity index is 1.65. The molecule has 12 heteroatoms. The zero-order valence-corrected chi connectivity index (χ0v) is 15.6. The fourth-order valence-corrected chi connectivity index (χ4v) is 4.08. The lowest BCUT2D eigenvalue weighted by atomic mass is 10.2. The molecule has 0 radical (unpaired) electrons. The van der Waals surface area contributed by atoms with Crippen molar-refractivity contribution in [2.75, 3.05) is 26.3 Å². The normalized spacial score (nSPS) is 18.0. The van der Waals surface area contributed by atoms with Crippen LogP contribution >= 0.6 is 0 Å². The SMILES string of the molecule is O=C1CCC(C(=O)NNC(=O)c2cccc(S(=O)(=O)N3CCOCC3)c2)=NN1. The second kappa shape index (κ2) is 8.46. The Bertz CT molecular complexity index is 923. The lowest BCUT2D eigenvalue weighted by Gasteiger charge is -2.26. The average molecular weight is 409 g/mol. The maximum absolute atomic E-state index is 12.7. The van der Waals surface area contributed by atoms with E-state index in [4.69, 9.17) is 4.74 Å². The first-order valence-electron chi connectivity index (χ1n) is 8.52. The molecular formula is C16H19N5O6S. The highest BCUT2D eigenvalue weighted by Crippen LogP contribution is 2.18. The first-order chi connectivity index (χ1) is 13.4. The Hall–Kier alpha value is -2.83. The van der Waals surface area contributed by atoms with E-state index in [9.17, 15) is 22.8 Å². The van der Waals surface area contributed by atoms with Crippen LogP contribution in [-0.4, -0.2) is 62.5 Å². The molecule has 3 N–H and O–H groups in total. The maximum atomic E-state index is 12.7. The molecule has 2 aliphatic rings. The largest absolute Gasteiger partial charge is 0.379 e. The number of rotatable bonds is 4. The highest BCUT2D eigenvalue weighted by Gasteiger charge is 2.27. The summed E-state index contributed by atoms with van der Waals surface area (Å²) >= 11 is 0. The number of carbonyl (C=O) groups is 3. The van der Waals surface area contributed by atoms with Crippen LogP contribution in [0.1, 0.15) is 23.2 Å². The second-order valence-electron chi connectivity index (χ2n) is 6.05. The molecule has 0 saturated carbocycles. The number of sulfonamides is 1. The number of hydrazine groups is 1. The molecular weight excluding hydrogens is 390 g/mol. The quantitative estimate of drug-likeness (QED) is 0.529. The van der Waals surface area contributed by atoms with Gasteiger partial charge in [-0.05, 0) is 18.2 Å². The molecule has 0 bridgehead atoms. The number of hydrogen-bond acceptors (Lipinski definition) is 7. The predicted molar refractivity (Wildman–Crippen MR) is 96.4 cm³/mol. The summed E-state index contributed by atoms with van der Waals surface area (Å²) in [4.78, 5) is 35.2. The molecule has 2 aliphatic heterocycles. The van der Waals surface area contributed by atoms with Crippen LogP contribution in [-0.2, 0) is 24.3 Å². The van der Waals surface area contributed by atoms with Crippen molar-refractivity contribution < 1.29 is 27.5 Å². The standard InChI is InChI=1S/C16H19N5O6S/c22-14-5-4-13(17-18-14)16(24)20-19-15(23)11-2-1-3-12(10-11)28(25,26)21-6-8-27-9-7-21/h1-3,10H,4-9H2,(H,18,22)(H,19,23)(H,20,24). The molecule has 1 aromatic carbocycles. The summed E-state index contributed by atoms with van der Waals surface area (Å²) in [7, 11) is -3.75. The fraction of sp³-hybridized carbons (Fsp3) is 0.375. The van der Waals surface area contributed by atoms with Gasteiger partial charge in [0.05, 0.1) is 18.1 Å². The Kier molecular flexibility index (Phi) is 6.02. The van der Waals surface area contributed by atoms with Crippen molar-refractivity contribution in [3.05, 3.63) is 29.8 Å². The molecule has 1 saturated heterocycles. The number of nitrogens with zero attached hydrogens (tertiary/aromatic N) is 2. The minimum Gasteiger partial charge on any atom is -0.379 e. The Morgan fingerprint density at radius 1 is 1.11 bits per heavy atom. The smallest absolute Gasteiger partial charge is 0.285 e. The second-order valence-corrected chi connectivity index (χ2v) is 7.98. The highest BCUT2D eigenvalue weighted by atomic mass is 32.2. The molecule has 0 spiro atoms. The topological polar surface area (TPSA) is 146 Å². The van der Waals surface area contributed by atoms with E-state index >= 15 is 0 Å². The van der Waals surface area contributed by atoms with Crippen LogP contribution in [0.5, 0.6) is 0 Å². The lowest BCUT2D eigenvalue weighted by molar-refractivity contribution is -0.121. The predicted octanol–water partition coefficient (Wildman–Crippen LogP) is -1.27. The molecule has 3 rings (SSSR count). The number of morpholine rings is 1. The van der Waals surface area contributed by atoms with E-state index in [-0.39, 0.29) is 48.0 Å². The molecule has 0 aromatic heterocycles. The van der Waals surface area contributed by atoms with E-state index in [0.717, 1.165) is 0 Å². The summed E-state index contributed by atoms with van der Waals surface area (Å²) in [5, 5.41) is 3.62. The van der Waals surface area contributed by atoms with E-state index in [1.165, 1.54) is 28.6 Å². The van der Waals surface area contributed by atoms with Gasteiger partial charge in [-0.2, -0.15) is 9.41 Å². The van der Waals surface area contributed by atoms with Crippen LogP contribution in [0.2, 0.25) is 0 Å². The zero-order chi connectivity index (χ0) is 20.1. The van der Waals surface area contributed by atoms with Crippen molar-refractivity contribution in [3.8, 4) is 0 Å². The minimum atomic E-state index is -3.75. The minimum absolute atomic E-state index is 0.0206. The molecule has 2 heterocycles. The first-order valence-corrected chi connectivity index (χ1v) is 9.96. The third-order valence-corrected chi connectivity index (χ3v) is 6.05. The molecule has 0 unspecified atom stereocenters. The van der Waals surface area contributed by atoms with Gasteiger partial charge in [0.2, 0.25) is 15.9 Å². The van der Waals surface area contributed by atoms with Crippen LogP contribution in [0, 0.1) is 0 Å². The van der Waals surface area contributed by atoms with Crippen molar-refractivity contribution in [1.29, 1.82) is 0 Å². The van der Waals surface area contributed by atoms with Gasteiger partial charge in [-0.1, -0.05) is 6.07 Å². The monoisotopic (exact) mass is 409 g/mol. The van der Waals surface area contributed by atoms with Crippen molar-refractivity contribution >= 4 is 33.5 Å². The van der Waals surface area contributed by atoms with Gasteiger partial charge in [-0.25, -0.2) is 13.8 Å². The summed E-state index contributed by atoms with van der Waals surface area (Å²) in [6.45, 7) is 1.12. The Morgan fingerprint density at radius 2 is 1.82 bits per heavy atom. The van der Waals surface area contributed by atoms with E-state index in [0.29, 0.717) is 13.2 Å². The van der Waals surface area contributed by atoms with Gasteiger partial charge in [0, 0.05) is 31.5 Å². The number of carbonyl (C=O) groups excluding carboxylic acids is 3. The zero-order valence-electron chi connectivity index (χ0n) is 14.8. The van der Waals surface area contributed by atoms with E-state index in [1.54, 1.807) is 0 Å². The van der Waals surface area contributed by atoms with Crippen LogP contribution in [0.3, 0.4) is 0 Å². The van der Waals surface area contributed by atoms with Gasteiger partial charge in [-0.15, -0.1) is 0 Å². The molecule has 1 aromatic rings. The van der Waals surface area contributed by atoms with Crippen LogP contribution in [0.25, 0.3) is 0 Å². The van der Waals surface area contributed by atoms with Crippen molar-refractivity contribution in [3.63, 3.8) is 0 Å². The van der Waals surface area contributed by atoms with E-state index in [1.807, 2.05) is 0 Å². The Labute approximate surface area is 161 Å². The van der Waals surface area contributed by atoms with E-state index in [2.05, 4.69) is 21.4 Å². The van der Waals surface area contributed by atoms with Gasteiger partial charge in [-0.3, -0.25) is 25.2 Å². The number of amides is 3. The Morgan fingerprint density at radius 3 is 2.50 bits per heavy atom. The summed E-state index contributed by atoms with van der Waals surface area (Å²) in [6.07, 6.45) is 0.280. The number of hydrogen-bond donors (Lipinski definition) is 3. The van der Waals surface area contributed by atoms with Crippen LogP contribution in [0.4, 0.5) is 0 Å². The molecule has 1 fully saturated rings. The molecule has 28 heavy (non-hydrogen) atoms. The van der Waals surface area contributed by atoms with Crippen molar-refractivity contribution in [1.82, 2.24) is 20.6 Å². The van der Waals surface area contributed by atoms with Gasteiger partial charge < -0.3 is 4.74 Å². The summed E-state index contributed by atoms with van der Waals surface area (Å²) in [6, 6.07) is 5.52. The fourth-order valence-electron chi connectivity index (χ4n) is 2.63. The van der Waals surface area contributed by atoms with Gasteiger partial charge >= 0.3 is 0 Å². The maximum Gasteiger partial charge on any atom is 0.285 e. The van der Waals surface area contributed by atoms with Crippen LogP contribution in [0.15, 0.2) is 34.3 Å². The molecule has 11 nitrogen and oxygen atoms in total. The first kappa shape index (κ1) is 19.9. The lowest BCUT2D eigenvalue weighted by Crippen LogP contribution is -2.46. The molecule has 150 valence electrons. The highest BCUT2D eigenvalue weighted by molar-refractivity contribution is 7.89. The summed E-state index contributed by atoms with van der Waals surface area (Å²) < 4.78 is 31.8. The molecule has 3 amide bonds. The van der Waals surface area contributed by atoms with Crippen LogP contribution < -0.4 is 16.3 Å². The third-order valence-electron chi connectivity index (χ3n) is 4.16. The third kappa shape index (κ3) is 4.52. The number of hydrazone groups is 1. The number of benzene rings is 1. The van der Waals surface area contributed by atoms with Gasteiger partial charge in [0.25, 0.3) is 11.8 Å². The molecule has 0 aliphatic carbocycles. The van der Waals surface area contributed by atoms with Gasteiger partial charge in [0.1, 0.15) is 5.71 Å². The van der Waals surface area contributed by atoms with Gasteiger partial charge in [0.15, 0.2) is 0 Å². The van der Waals surface area contributed by atoms with Crippen molar-refractivity contribution in [2.24, 2.45) is 5.10 Å². The number of ether oxygens (including phenoxy) is 1. The van der Waals surface area contributed by atoms with Crippen molar-refractivity contribution in [2.45, 2.75) is 17.7 Å². The molecule has 0 atom stereocenters.